The molecule has 2 aromatic carbocycles. The van der Waals surface area contributed by atoms with Gasteiger partial charge >= 0.3 is 138 Å². The van der Waals surface area contributed by atoms with Crippen LogP contribution in [0.15, 0.2) is 36.4 Å². The molecule has 0 spiro atoms. The predicted octanol–water partition coefficient (Wildman–Crippen LogP) is 3.57. The number of hydrogen-bond donors (Lipinski definition) is 0. The Bertz CT molecular complexity index is 520. The van der Waals surface area contributed by atoms with Crippen molar-refractivity contribution in [2.24, 2.45) is 0 Å². The number of halogens is 4. The van der Waals surface area contributed by atoms with E-state index >= 15 is 0 Å². The molecule has 0 aromatic heterocycles. The third-order valence-corrected chi connectivity index (χ3v) is 10.9. The maximum atomic E-state index is 6.15. The van der Waals surface area contributed by atoms with Crippen LogP contribution in [0, 0.1) is 0 Å². The monoisotopic (exact) mass is 450 g/mol. The summed E-state index contributed by atoms with van der Waals surface area (Å²) in [4.78, 5) is 0. The number of hydrogen-bond acceptors (Lipinski definition) is 0. The topological polar surface area (TPSA) is 0 Å². The fourth-order valence-corrected chi connectivity index (χ4v) is 10.1. The van der Waals surface area contributed by atoms with E-state index in [0.717, 1.165) is 19.0 Å². The molecule has 0 saturated carbocycles. The first-order chi connectivity index (χ1) is 8.56. The van der Waals surface area contributed by atoms with Gasteiger partial charge in [0.1, 0.15) is 0 Å². The van der Waals surface area contributed by atoms with E-state index in [1.165, 1.54) is 0 Å². The molecule has 2 aromatic rings. The standard InChI is InChI=1S/C12H6Cl4Se2/c13-7-1-3-11(9(15)5-7)17-18-12-4-2-8(14)6-10(12)16/h1-6H. The average Bonchev–Trinajstić information content (AvgIpc) is 2.30. The van der Waals surface area contributed by atoms with E-state index in [9.17, 15) is 0 Å². The van der Waals surface area contributed by atoms with Crippen molar-refractivity contribution in [1.29, 1.82) is 0 Å². The van der Waals surface area contributed by atoms with Gasteiger partial charge < -0.3 is 0 Å². The summed E-state index contributed by atoms with van der Waals surface area (Å²) in [5.74, 6) is 0. The van der Waals surface area contributed by atoms with Crippen LogP contribution >= 0.6 is 46.4 Å². The second-order valence-electron chi connectivity index (χ2n) is 3.32. The summed E-state index contributed by atoms with van der Waals surface area (Å²) in [6.45, 7) is 0. The third kappa shape index (κ3) is 4.07. The van der Waals surface area contributed by atoms with E-state index in [0.29, 0.717) is 10.0 Å². The molecule has 2 rings (SSSR count). The van der Waals surface area contributed by atoms with Gasteiger partial charge in [0.15, 0.2) is 0 Å². The summed E-state index contributed by atoms with van der Waals surface area (Å²) in [6, 6.07) is 11.3. The average molecular weight is 450 g/mol. The van der Waals surface area contributed by atoms with Crippen molar-refractivity contribution in [2.75, 3.05) is 0 Å². The van der Waals surface area contributed by atoms with Gasteiger partial charge in [0, 0.05) is 0 Å². The molecule has 0 saturated heterocycles. The quantitative estimate of drug-likeness (QED) is 0.628. The van der Waals surface area contributed by atoms with Gasteiger partial charge in [-0.3, -0.25) is 0 Å². The Morgan fingerprint density at radius 2 is 1.00 bits per heavy atom. The summed E-state index contributed by atoms with van der Waals surface area (Å²) in [7, 11) is 0. The second kappa shape index (κ2) is 6.88. The van der Waals surface area contributed by atoms with E-state index in [-0.39, 0.29) is 26.3 Å². The van der Waals surface area contributed by atoms with Crippen LogP contribution in [0.25, 0.3) is 0 Å². The van der Waals surface area contributed by atoms with E-state index in [1.807, 2.05) is 24.3 Å². The maximum absolute atomic E-state index is 6.15. The van der Waals surface area contributed by atoms with Crippen LogP contribution in [0.2, 0.25) is 20.1 Å². The van der Waals surface area contributed by atoms with E-state index < -0.39 is 0 Å². The predicted molar refractivity (Wildman–Crippen MR) is 83.7 cm³/mol. The Morgan fingerprint density at radius 3 is 1.33 bits per heavy atom. The van der Waals surface area contributed by atoms with Gasteiger partial charge in [-0.2, -0.15) is 0 Å². The van der Waals surface area contributed by atoms with E-state index in [4.69, 9.17) is 46.4 Å². The van der Waals surface area contributed by atoms with Crippen molar-refractivity contribution < 1.29 is 0 Å². The second-order valence-corrected chi connectivity index (χ2v) is 11.2. The molecule has 94 valence electrons. The molecule has 0 aliphatic heterocycles. The normalized spacial score (nSPS) is 10.7. The zero-order chi connectivity index (χ0) is 13.1. The first kappa shape index (κ1) is 15.0. The van der Waals surface area contributed by atoms with Crippen LogP contribution < -0.4 is 8.92 Å². The Morgan fingerprint density at radius 1 is 0.611 bits per heavy atom. The molecule has 0 aliphatic carbocycles. The third-order valence-electron chi connectivity index (χ3n) is 2.01. The summed E-state index contributed by atoms with van der Waals surface area (Å²) in [6.07, 6.45) is 0. The van der Waals surface area contributed by atoms with Crippen LogP contribution in [0.5, 0.6) is 0 Å². The van der Waals surface area contributed by atoms with E-state index in [1.54, 1.807) is 12.1 Å². The zero-order valence-electron chi connectivity index (χ0n) is 8.79. The van der Waals surface area contributed by atoms with Crippen molar-refractivity contribution in [1.82, 2.24) is 0 Å². The molecule has 0 N–H and O–H groups in total. The molecule has 0 heterocycles. The number of benzene rings is 2. The Kier molecular flexibility index (Phi) is 5.75. The molecule has 0 nitrogen and oxygen atoms in total. The summed E-state index contributed by atoms with van der Waals surface area (Å²) < 4.78 is 2.30. The van der Waals surface area contributed by atoms with Gasteiger partial charge in [0.25, 0.3) is 0 Å². The van der Waals surface area contributed by atoms with Crippen molar-refractivity contribution in [3.05, 3.63) is 56.5 Å². The molecule has 0 fully saturated rings. The first-order valence-corrected chi connectivity index (χ1v) is 12.4. The SMILES string of the molecule is Clc1ccc([Se][Se]c2ccc(Cl)cc2Cl)c(Cl)c1. The van der Waals surface area contributed by atoms with Crippen LogP contribution in [-0.4, -0.2) is 26.3 Å². The molecular formula is C12H6Cl4Se2. The fraction of sp³-hybridized carbons (Fsp3) is 0. The molecule has 18 heavy (non-hydrogen) atoms. The summed E-state index contributed by atoms with van der Waals surface area (Å²) >= 11 is 24.6. The van der Waals surface area contributed by atoms with Gasteiger partial charge in [-0.05, 0) is 0 Å². The first-order valence-electron chi connectivity index (χ1n) is 4.81. The summed E-state index contributed by atoms with van der Waals surface area (Å²) in [5, 5.41) is 2.79. The van der Waals surface area contributed by atoms with Crippen molar-refractivity contribution >= 4 is 81.6 Å². The van der Waals surface area contributed by atoms with Crippen LogP contribution in [0.1, 0.15) is 0 Å². The zero-order valence-corrected chi connectivity index (χ0v) is 15.2. The molecule has 0 radical (unpaired) electrons. The van der Waals surface area contributed by atoms with Gasteiger partial charge in [0.05, 0.1) is 0 Å². The van der Waals surface area contributed by atoms with Crippen molar-refractivity contribution in [3.8, 4) is 0 Å². The molecule has 0 unspecified atom stereocenters. The molecule has 0 aliphatic rings. The summed E-state index contributed by atoms with van der Waals surface area (Å²) in [5.41, 5.74) is 0. The fourth-order valence-electron chi connectivity index (χ4n) is 1.18. The van der Waals surface area contributed by atoms with Crippen LogP contribution in [0.3, 0.4) is 0 Å². The van der Waals surface area contributed by atoms with Crippen LogP contribution in [0.4, 0.5) is 0 Å². The molecular weight excluding hydrogens is 444 g/mol. The number of rotatable bonds is 3. The van der Waals surface area contributed by atoms with Crippen molar-refractivity contribution in [2.45, 2.75) is 0 Å². The van der Waals surface area contributed by atoms with Crippen LogP contribution in [-0.2, 0) is 0 Å². The van der Waals surface area contributed by atoms with Gasteiger partial charge in [-0.15, -0.1) is 0 Å². The molecule has 0 atom stereocenters. The molecule has 6 heteroatoms. The minimum absolute atomic E-state index is 0.284. The molecule has 0 bridgehead atoms. The Balaban J connectivity index is 2.11. The minimum atomic E-state index is 0.284. The molecule has 0 amide bonds. The Hall–Kier alpha value is 0.639. The van der Waals surface area contributed by atoms with E-state index in [2.05, 4.69) is 0 Å². The van der Waals surface area contributed by atoms with Gasteiger partial charge in [0.2, 0.25) is 0 Å². The van der Waals surface area contributed by atoms with Gasteiger partial charge in [-0.1, -0.05) is 0 Å². The van der Waals surface area contributed by atoms with Crippen molar-refractivity contribution in [3.63, 3.8) is 0 Å². The van der Waals surface area contributed by atoms with Gasteiger partial charge in [-0.25, -0.2) is 0 Å². The Labute approximate surface area is 137 Å².